The van der Waals surface area contributed by atoms with Crippen molar-refractivity contribution in [3.63, 3.8) is 0 Å². The second-order valence-electron chi connectivity index (χ2n) is 6.47. The molecule has 1 saturated heterocycles. The third kappa shape index (κ3) is 3.87. The SMILES string of the molecule is O=S(=O)(c1ccc(Cl)cc1)N1CCN(c2cc(-c3ccccc3)ncn2)CC1. The lowest BCUT2D eigenvalue weighted by atomic mass is 10.1. The quantitative estimate of drug-likeness (QED) is 0.655. The minimum Gasteiger partial charge on any atom is -0.354 e. The van der Waals surface area contributed by atoms with E-state index in [1.54, 1.807) is 30.6 Å². The Morgan fingerprint density at radius 1 is 0.857 bits per heavy atom. The summed E-state index contributed by atoms with van der Waals surface area (Å²) in [6, 6.07) is 18.1. The molecule has 1 aliphatic heterocycles. The Morgan fingerprint density at radius 3 is 2.21 bits per heavy atom. The molecule has 1 aliphatic rings. The van der Waals surface area contributed by atoms with Gasteiger partial charge in [-0.05, 0) is 24.3 Å². The van der Waals surface area contributed by atoms with Gasteiger partial charge in [-0.3, -0.25) is 0 Å². The highest BCUT2D eigenvalue weighted by Crippen LogP contribution is 2.24. The van der Waals surface area contributed by atoms with Crippen LogP contribution >= 0.6 is 11.6 Å². The van der Waals surface area contributed by atoms with E-state index in [0.29, 0.717) is 31.2 Å². The molecule has 4 rings (SSSR count). The highest BCUT2D eigenvalue weighted by molar-refractivity contribution is 7.89. The number of anilines is 1. The van der Waals surface area contributed by atoms with E-state index < -0.39 is 10.0 Å². The molecule has 0 bridgehead atoms. The van der Waals surface area contributed by atoms with Crippen LogP contribution in [0.2, 0.25) is 5.02 Å². The number of hydrogen-bond donors (Lipinski definition) is 0. The number of nitrogens with zero attached hydrogens (tertiary/aromatic N) is 4. The fourth-order valence-electron chi connectivity index (χ4n) is 3.20. The van der Waals surface area contributed by atoms with Gasteiger partial charge in [0.25, 0.3) is 0 Å². The number of hydrogen-bond acceptors (Lipinski definition) is 5. The molecule has 28 heavy (non-hydrogen) atoms. The molecule has 0 spiro atoms. The van der Waals surface area contributed by atoms with Gasteiger partial charge in [0.1, 0.15) is 12.1 Å². The molecule has 3 aromatic rings. The van der Waals surface area contributed by atoms with E-state index in [0.717, 1.165) is 17.1 Å². The first-order valence-electron chi connectivity index (χ1n) is 8.92. The first-order valence-corrected chi connectivity index (χ1v) is 10.7. The highest BCUT2D eigenvalue weighted by Gasteiger charge is 2.29. The summed E-state index contributed by atoms with van der Waals surface area (Å²) in [6.45, 7) is 1.93. The van der Waals surface area contributed by atoms with Gasteiger partial charge < -0.3 is 4.90 Å². The van der Waals surface area contributed by atoms with Crippen molar-refractivity contribution in [3.05, 3.63) is 72.0 Å². The molecular formula is C20H19ClN4O2S. The van der Waals surface area contributed by atoms with Crippen LogP contribution in [0.3, 0.4) is 0 Å². The molecule has 0 unspecified atom stereocenters. The number of rotatable bonds is 4. The van der Waals surface area contributed by atoms with Gasteiger partial charge in [0.05, 0.1) is 10.6 Å². The van der Waals surface area contributed by atoms with Crippen molar-refractivity contribution in [3.8, 4) is 11.3 Å². The van der Waals surface area contributed by atoms with E-state index in [-0.39, 0.29) is 4.90 Å². The van der Waals surface area contributed by atoms with Crippen molar-refractivity contribution in [2.75, 3.05) is 31.1 Å². The van der Waals surface area contributed by atoms with Crippen molar-refractivity contribution in [2.45, 2.75) is 4.90 Å². The molecule has 1 aromatic heterocycles. The molecule has 0 N–H and O–H groups in total. The third-order valence-electron chi connectivity index (χ3n) is 4.74. The fraction of sp³-hybridized carbons (Fsp3) is 0.200. The van der Waals surface area contributed by atoms with Gasteiger partial charge in [0, 0.05) is 42.8 Å². The topological polar surface area (TPSA) is 66.4 Å². The minimum absolute atomic E-state index is 0.263. The Labute approximate surface area is 169 Å². The van der Waals surface area contributed by atoms with Gasteiger partial charge in [0.15, 0.2) is 0 Å². The second-order valence-corrected chi connectivity index (χ2v) is 8.85. The Kier molecular flexibility index (Phi) is 5.30. The highest BCUT2D eigenvalue weighted by atomic mass is 35.5. The molecule has 8 heteroatoms. The first kappa shape index (κ1) is 18.9. The zero-order valence-electron chi connectivity index (χ0n) is 15.1. The van der Waals surface area contributed by atoms with Crippen LogP contribution in [0, 0.1) is 0 Å². The van der Waals surface area contributed by atoms with Gasteiger partial charge in [-0.1, -0.05) is 41.9 Å². The maximum Gasteiger partial charge on any atom is 0.243 e. The fourth-order valence-corrected chi connectivity index (χ4v) is 4.75. The maximum atomic E-state index is 12.8. The van der Waals surface area contributed by atoms with Crippen molar-refractivity contribution in [1.29, 1.82) is 0 Å². The second kappa shape index (κ2) is 7.87. The first-order chi connectivity index (χ1) is 13.5. The minimum atomic E-state index is -3.52. The zero-order chi connectivity index (χ0) is 19.6. The Morgan fingerprint density at radius 2 is 1.54 bits per heavy atom. The van der Waals surface area contributed by atoms with Gasteiger partial charge in [-0.15, -0.1) is 0 Å². The van der Waals surface area contributed by atoms with Crippen molar-refractivity contribution in [2.24, 2.45) is 0 Å². The molecule has 0 amide bonds. The van der Waals surface area contributed by atoms with Crippen LogP contribution in [0.5, 0.6) is 0 Å². The molecule has 0 atom stereocenters. The summed E-state index contributed by atoms with van der Waals surface area (Å²) in [5.74, 6) is 0.803. The monoisotopic (exact) mass is 414 g/mol. The van der Waals surface area contributed by atoms with E-state index in [1.165, 1.54) is 4.31 Å². The third-order valence-corrected chi connectivity index (χ3v) is 6.90. The molecule has 0 radical (unpaired) electrons. The number of halogens is 1. The van der Waals surface area contributed by atoms with Crippen LogP contribution in [-0.4, -0.2) is 48.9 Å². The number of benzene rings is 2. The van der Waals surface area contributed by atoms with Gasteiger partial charge in [-0.25, -0.2) is 18.4 Å². The summed E-state index contributed by atoms with van der Waals surface area (Å²) in [6.07, 6.45) is 1.55. The molecule has 0 saturated carbocycles. The summed E-state index contributed by atoms with van der Waals surface area (Å²) in [5.41, 5.74) is 1.87. The number of piperazine rings is 1. The van der Waals surface area contributed by atoms with Crippen LogP contribution in [0.1, 0.15) is 0 Å². The Hall–Kier alpha value is -2.48. The van der Waals surface area contributed by atoms with Gasteiger partial charge >= 0.3 is 0 Å². The van der Waals surface area contributed by atoms with Crippen LogP contribution in [-0.2, 0) is 10.0 Å². The number of aromatic nitrogens is 2. The van der Waals surface area contributed by atoms with E-state index in [1.807, 2.05) is 36.4 Å². The molecule has 6 nitrogen and oxygen atoms in total. The predicted molar refractivity (Wildman–Crippen MR) is 110 cm³/mol. The van der Waals surface area contributed by atoms with Gasteiger partial charge in [0.2, 0.25) is 10.0 Å². The summed E-state index contributed by atoms with van der Waals surface area (Å²) < 4.78 is 27.1. The zero-order valence-corrected chi connectivity index (χ0v) is 16.6. The predicted octanol–water partition coefficient (Wildman–Crippen LogP) is 3.31. The average molecular weight is 415 g/mol. The summed E-state index contributed by atoms with van der Waals surface area (Å²) in [4.78, 5) is 11.1. The Bertz CT molecular complexity index is 1050. The molecular weight excluding hydrogens is 396 g/mol. The molecule has 0 aliphatic carbocycles. The lowest BCUT2D eigenvalue weighted by molar-refractivity contribution is 0.384. The van der Waals surface area contributed by atoms with Crippen LogP contribution in [0.15, 0.2) is 71.9 Å². The lowest BCUT2D eigenvalue weighted by Gasteiger charge is -2.34. The summed E-state index contributed by atoms with van der Waals surface area (Å²) in [5, 5.41) is 0.516. The van der Waals surface area contributed by atoms with E-state index in [9.17, 15) is 8.42 Å². The average Bonchev–Trinajstić information content (AvgIpc) is 2.75. The largest absolute Gasteiger partial charge is 0.354 e. The van der Waals surface area contributed by atoms with E-state index >= 15 is 0 Å². The smallest absolute Gasteiger partial charge is 0.243 e. The molecule has 1 fully saturated rings. The summed E-state index contributed by atoms with van der Waals surface area (Å²) >= 11 is 5.86. The van der Waals surface area contributed by atoms with Crippen molar-refractivity contribution >= 4 is 27.4 Å². The van der Waals surface area contributed by atoms with E-state index in [4.69, 9.17) is 11.6 Å². The van der Waals surface area contributed by atoms with Crippen molar-refractivity contribution in [1.82, 2.24) is 14.3 Å². The Balaban J connectivity index is 1.48. The standard InChI is InChI=1S/C20H19ClN4O2S/c21-17-6-8-18(9-7-17)28(26,27)25-12-10-24(11-13-25)20-14-19(22-15-23-20)16-4-2-1-3-5-16/h1-9,14-15H,10-13H2. The van der Waals surface area contributed by atoms with Crippen molar-refractivity contribution < 1.29 is 8.42 Å². The molecule has 2 heterocycles. The van der Waals surface area contributed by atoms with Gasteiger partial charge in [-0.2, -0.15) is 4.31 Å². The van der Waals surface area contributed by atoms with E-state index in [2.05, 4.69) is 14.9 Å². The lowest BCUT2D eigenvalue weighted by Crippen LogP contribution is -2.48. The molecule has 2 aromatic carbocycles. The normalized spacial score (nSPS) is 15.5. The van der Waals surface area contributed by atoms with Crippen LogP contribution in [0.4, 0.5) is 5.82 Å². The van der Waals surface area contributed by atoms with Crippen LogP contribution < -0.4 is 4.90 Å². The van der Waals surface area contributed by atoms with Crippen LogP contribution in [0.25, 0.3) is 11.3 Å². The molecule has 144 valence electrons. The summed E-state index contributed by atoms with van der Waals surface area (Å²) in [7, 11) is -3.52. The number of sulfonamides is 1. The maximum absolute atomic E-state index is 12.8.